The standard InChI is InChI=1S/C19H33N5O/c1-19(2)12-16(14-8-6-5-7-9-14)22-17-15(13-21-24(17)19)18(25)20-10-11-23(3)4/h13-14,16,22H,5-12H2,1-4H3,(H,20,25). The topological polar surface area (TPSA) is 62.2 Å². The van der Waals surface area contributed by atoms with Gasteiger partial charge in [-0.3, -0.25) is 4.79 Å². The molecule has 2 N–H and O–H groups in total. The Bertz CT molecular complexity index is 601. The Morgan fingerprint density at radius 2 is 2.08 bits per heavy atom. The molecule has 140 valence electrons. The third-order valence-corrected chi connectivity index (χ3v) is 5.69. The van der Waals surface area contributed by atoms with Crippen molar-refractivity contribution in [2.45, 2.75) is 64.0 Å². The van der Waals surface area contributed by atoms with Crippen LogP contribution >= 0.6 is 0 Å². The predicted molar refractivity (Wildman–Crippen MR) is 101 cm³/mol. The van der Waals surface area contributed by atoms with Crippen LogP contribution in [0.1, 0.15) is 62.7 Å². The second-order valence-corrected chi connectivity index (χ2v) is 8.54. The van der Waals surface area contributed by atoms with Gasteiger partial charge in [0.15, 0.2) is 0 Å². The van der Waals surface area contributed by atoms with Crippen molar-refractivity contribution in [2.75, 3.05) is 32.5 Å². The number of hydrogen-bond donors (Lipinski definition) is 2. The molecule has 0 saturated heterocycles. The first kappa shape index (κ1) is 18.2. The van der Waals surface area contributed by atoms with E-state index in [9.17, 15) is 4.79 Å². The fourth-order valence-corrected chi connectivity index (χ4v) is 4.27. The zero-order valence-corrected chi connectivity index (χ0v) is 16.1. The van der Waals surface area contributed by atoms with Gasteiger partial charge in [0.25, 0.3) is 5.91 Å². The zero-order valence-electron chi connectivity index (χ0n) is 16.1. The molecular weight excluding hydrogens is 314 g/mol. The predicted octanol–water partition coefficient (Wildman–Crippen LogP) is 2.67. The van der Waals surface area contributed by atoms with E-state index in [1.165, 1.54) is 32.1 Å². The highest BCUT2D eigenvalue weighted by atomic mass is 16.1. The van der Waals surface area contributed by atoms with E-state index in [-0.39, 0.29) is 11.4 Å². The minimum absolute atomic E-state index is 0.0318. The fraction of sp³-hybridized carbons (Fsp3) is 0.789. The van der Waals surface area contributed by atoms with Crippen molar-refractivity contribution in [1.29, 1.82) is 0 Å². The lowest BCUT2D eigenvalue weighted by molar-refractivity contribution is 0.0951. The van der Waals surface area contributed by atoms with E-state index in [1.54, 1.807) is 6.20 Å². The molecule has 0 radical (unpaired) electrons. The van der Waals surface area contributed by atoms with E-state index in [1.807, 2.05) is 18.8 Å². The van der Waals surface area contributed by atoms with E-state index in [4.69, 9.17) is 0 Å². The van der Waals surface area contributed by atoms with Crippen molar-refractivity contribution in [3.05, 3.63) is 11.8 Å². The van der Waals surface area contributed by atoms with Crippen LogP contribution in [-0.2, 0) is 5.54 Å². The summed E-state index contributed by atoms with van der Waals surface area (Å²) in [6.07, 6.45) is 9.41. The first-order valence-electron chi connectivity index (χ1n) is 9.66. The molecule has 3 rings (SSSR count). The quantitative estimate of drug-likeness (QED) is 0.860. The van der Waals surface area contributed by atoms with Crippen molar-refractivity contribution in [2.24, 2.45) is 5.92 Å². The van der Waals surface area contributed by atoms with Gasteiger partial charge in [-0.05, 0) is 53.1 Å². The Balaban J connectivity index is 1.76. The van der Waals surface area contributed by atoms with E-state index >= 15 is 0 Å². The van der Waals surface area contributed by atoms with Gasteiger partial charge in [0.05, 0.1) is 11.7 Å². The van der Waals surface area contributed by atoms with E-state index in [0.717, 1.165) is 18.8 Å². The molecule has 1 aromatic heterocycles. The van der Waals surface area contributed by atoms with Crippen molar-refractivity contribution >= 4 is 11.7 Å². The van der Waals surface area contributed by atoms with Crippen molar-refractivity contribution in [1.82, 2.24) is 20.0 Å². The summed E-state index contributed by atoms with van der Waals surface area (Å²) in [4.78, 5) is 14.7. The molecule has 1 fully saturated rings. The Morgan fingerprint density at radius 1 is 1.36 bits per heavy atom. The zero-order chi connectivity index (χ0) is 18.0. The second kappa shape index (κ2) is 7.36. The molecule has 2 aliphatic rings. The Labute approximate surface area is 151 Å². The number of amides is 1. The van der Waals surface area contributed by atoms with Gasteiger partial charge in [-0.2, -0.15) is 5.10 Å². The van der Waals surface area contributed by atoms with Crippen molar-refractivity contribution in [3.8, 4) is 0 Å². The number of aromatic nitrogens is 2. The highest BCUT2D eigenvalue weighted by Crippen LogP contribution is 2.39. The molecule has 1 amide bonds. The van der Waals surface area contributed by atoms with Crippen LogP contribution in [0.3, 0.4) is 0 Å². The maximum Gasteiger partial charge on any atom is 0.256 e. The number of anilines is 1. The van der Waals surface area contributed by atoms with E-state index < -0.39 is 0 Å². The summed E-state index contributed by atoms with van der Waals surface area (Å²) in [5.41, 5.74) is 0.609. The largest absolute Gasteiger partial charge is 0.366 e. The highest BCUT2D eigenvalue weighted by Gasteiger charge is 2.39. The molecule has 0 spiro atoms. The van der Waals surface area contributed by atoms with Gasteiger partial charge in [-0.15, -0.1) is 0 Å². The summed E-state index contributed by atoms with van der Waals surface area (Å²) in [6.45, 7) is 5.94. The minimum atomic E-state index is -0.0646. The molecule has 6 nitrogen and oxygen atoms in total. The van der Waals surface area contributed by atoms with Gasteiger partial charge in [-0.25, -0.2) is 4.68 Å². The lowest BCUT2D eigenvalue weighted by atomic mass is 9.78. The van der Waals surface area contributed by atoms with E-state index in [2.05, 4.69) is 34.5 Å². The van der Waals surface area contributed by atoms with Crippen LogP contribution in [0.25, 0.3) is 0 Å². The maximum atomic E-state index is 12.6. The van der Waals surface area contributed by atoms with Crippen LogP contribution in [0.4, 0.5) is 5.82 Å². The van der Waals surface area contributed by atoms with Crippen LogP contribution < -0.4 is 10.6 Å². The lowest BCUT2D eigenvalue weighted by Crippen LogP contribution is -2.46. The molecule has 0 bridgehead atoms. The molecule has 25 heavy (non-hydrogen) atoms. The maximum absolute atomic E-state index is 12.6. The average molecular weight is 348 g/mol. The van der Waals surface area contributed by atoms with Gasteiger partial charge in [-0.1, -0.05) is 19.3 Å². The second-order valence-electron chi connectivity index (χ2n) is 8.54. The normalized spacial score (nSPS) is 23.2. The Kier molecular flexibility index (Phi) is 5.37. The molecule has 2 heterocycles. The molecule has 1 saturated carbocycles. The first-order valence-corrected chi connectivity index (χ1v) is 9.66. The van der Waals surface area contributed by atoms with Gasteiger partial charge in [0.1, 0.15) is 11.4 Å². The summed E-state index contributed by atoms with van der Waals surface area (Å²) >= 11 is 0. The number of nitrogens with one attached hydrogen (secondary N) is 2. The third-order valence-electron chi connectivity index (χ3n) is 5.69. The summed E-state index contributed by atoms with van der Waals surface area (Å²) in [5, 5.41) is 11.2. The number of carbonyl (C=O) groups is 1. The molecule has 1 unspecified atom stereocenters. The summed E-state index contributed by atoms with van der Waals surface area (Å²) in [7, 11) is 4.01. The SMILES string of the molecule is CN(C)CCNC(=O)c1cnn2c1NC(C1CCCCC1)CC2(C)C. The summed E-state index contributed by atoms with van der Waals surface area (Å²) in [6, 6.07) is 0.438. The molecule has 6 heteroatoms. The average Bonchev–Trinajstić information content (AvgIpc) is 3.00. The van der Waals surface area contributed by atoms with E-state index in [0.29, 0.717) is 24.1 Å². The first-order chi connectivity index (χ1) is 11.9. The summed E-state index contributed by atoms with van der Waals surface area (Å²) in [5.74, 6) is 1.58. The van der Waals surface area contributed by atoms with Crippen LogP contribution in [-0.4, -0.2) is 53.8 Å². The van der Waals surface area contributed by atoms with Crippen LogP contribution in [0.2, 0.25) is 0 Å². The number of rotatable bonds is 5. The number of likely N-dealkylation sites (N-methyl/N-ethyl adjacent to an activating group) is 1. The molecular formula is C19H33N5O. The van der Waals surface area contributed by atoms with Crippen LogP contribution in [0.15, 0.2) is 6.20 Å². The van der Waals surface area contributed by atoms with Gasteiger partial charge < -0.3 is 15.5 Å². The van der Waals surface area contributed by atoms with Crippen molar-refractivity contribution in [3.63, 3.8) is 0 Å². The summed E-state index contributed by atoms with van der Waals surface area (Å²) < 4.78 is 2.01. The number of fused-ring (bicyclic) bond motifs is 1. The number of nitrogens with zero attached hydrogens (tertiary/aromatic N) is 3. The van der Waals surface area contributed by atoms with Crippen LogP contribution in [0, 0.1) is 5.92 Å². The Morgan fingerprint density at radius 3 is 2.76 bits per heavy atom. The number of hydrogen-bond acceptors (Lipinski definition) is 4. The number of carbonyl (C=O) groups excluding carboxylic acids is 1. The smallest absolute Gasteiger partial charge is 0.256 e. The molecule has 1 atom stereocenters. The van der Waals surface area contributed by atoms with Crippen molar-refractivity contribution < 1.29 is 4.79 Å². The van der Waals surface area contributed by atoms with Gasteiger partial charge >= 0.3 is 0 Å². The molecule has 1 aliphatic heterocycles. The third kappa shape index (κ3) is 4.00. The van der Waals surface area contributed by atoms with Crippen LogP contribution in [0.5, 0.6) is 0 Å². The molecule has 1 aromatic rings. The molecule has 0 aromatic carbocycles. The van der Waals surface area contributed by atoms with Gasteiger partial charge in [0.2, 0.25) is 0 Å². The fourth-order valence-electron chi connectivity index (χ4n) is 4.27. The monoisotopic (exact) mass is 347 g/mol. The van der Waals surface area contributed by atoms with Gasteiger partial charge in [0, 0.05) is 19.1 Å². The molecule has 1 aliphatic carbocycles. The lowest BCUT2D eigenvalue weighted by Gasteiger charge is -2.42. The minimum Gasteiger partial charge on any atom is -0.366 e. The Hall–Kier alpha value is -1.56. The highest BCUT2D eigenvalue weighted by molar-refractivity contribution is 5.98.